The molecule has 1 aromatic carbocycles. The highest BCUT2D eigenvalue weighted by atomic mass is 32.2. The smallest absolute Gasteiger partial charge is 0.242 e. The highest BCUT2D eigenvalue weighted by Gasteiger charge is 2.24. The fourth-order valence-corrected chi connectivity index (χ4v) is 3.63. The number of sulfonamides is 1. The van der Waals surface area contributed by atoms with Gasteiger partial charge in [0.2, 0.25) is 10.0 Å². The molecule has 2 N–H and O–H groups in total. The number of benzene rings is 1. The van der Waals surface area contributed by atoms with E-state index in [0.717, 1.165) is 18.4 Å². The molecule has 6 heteroatoms. The predicted molar refractivity (Wildman–Crippen MR) is 79.3 cm³/mol. The molecule has 0 saturated carbocycles. The van der Waals surface area contributed by atoms with Gasteiger partial charge >= 0.3 is 0 Å². The maximum Gasteiger partial charge on any atom is 0.242 e. The van der Waals surface area contributed by atoms with Crippen LogP contribution >= 0.6 is 0 Å². The normalized spacial score (nSPS) is 18.9. The molecule has 1 aromatic rings. The molecule has 0 aliphatic carbocycles. The fourth-order valence-electron chi connectivity index (χ4n) is 2.23. The Kier molecular flexibility index (Phi) is 5.37. The van der Waals surface area contributed by atoms with Gasteiger partial charge in [-0.3, -0.25) is 0 Å². The Morgan fingerprint density at radius 3 is 2.95 bits per heavy atom. The van der Waals surface area contributed by atoms with Crippen LogP contribution in [-0.2, 0) is 14.8 Å². The fraction of sp³-hybridized carbons (Fsp3) is 0.467. The van der Waals surface area contributed by atoms with Crippen molar-refractivity contribution in [1.82, 2.24) is 4.72 Å². The molecule has 0 radical (unpaired) electrons. The Morgan fingerprint density at radius 1 is 1.48 bits per heavy atom. The third kappa shape index (κ3) is 4.29. The predicted octanol–water partition coefficient (Wildman–Crippen LogP) is 0.796. The summed E-state index contributed by atoms with van der Waals surface area (Å²) < 4.78 is 33.0. The largest absolute Gasteiger partial charge is 0.384 e. The lowest BCUT2D eigenvalue weighted by molar-refractivity contribution is 0.0774. The molecule has 21 heavy (non-hydrogen) atoms. The number of ether oxygens (including phenoxy) is 1. The zero-order chi connectivity index (χ0) is 15.3. The highest BCUT2D eigenvalue weighted by molar-refractivity contribution is 7.89. The van der Waals surface area contributed by atoms with Crippen molar-refractivity contribution in [1.29, 1.82) is 0 Å². The van der Waals surface area contributed by atoms with Crippen LogP contribution in [0.1, 0.15) is 24.0 Å². The van der Waals surface area contributed by atoms with Gasteiger partial charge in [0.05, 0.1) is 11.5 Å². The van der Waals surface area contributed by atoms with Crippen LogP contribution in [0.25, 0.3) is 0 Å². The van der Waals surface area contributed by atoms with Crippen molar-refractivity contribution in [2.45, 2.75) is 30.7 Å². The SMILES string of the molecule is Cc1ccc(S(=O)(=O)NC2CCCOC2)c(C#CCO)c1. The molecule has 114 valence electrons. The van der Waals surface area contributed by atoms with E-state index in [-0.39, 0.29) is 17.5 Å². The first-order valence-electron chi connectivity index (χ1n) is 6.83. The summed E-state index contributed by atoms with van der Waals surface area (Å²) in [7, 11) is -3.65. The van der Waals surface area contributed by atoms with Crippen LogP contribution in [0, 0.1) is 18.8 Å². The summed E-state index contributed by atoms with van der Waals surface area (Å²) in [4.78, 5) is 0.139. The zero-order valence-electron chi connectivity index (χ0n) is 11.9. The second-order valence-corrected chi connectivity index (χ2v) is 6.68. The topological polar surface area (TPSA) is 75.6 Å². The molecule has 0 aromatic heterocycles. The van der Waals surface area contributed by atoms with Crippen LogP contribution in [0.4, 0.5) is 0 Å². The molecular formula is C15H19NO4S. The molecule has 1 unspecified atom stereocenters. The lowest BCUT2D eigenvalue weighted by Gasteiger charge is -2.23. The van der Waals surface area contributed by atoms with E-state index in [9.17, 15) is 8.42 Å². The van der Waals surface area contributed by atoms with Crippen LogP contribution in [0.2, 0.25) is 0 Å². The third-order valence-corrected chi connectivity index (χ3v) is 4.79. The van der Waals surface area contributed by atoms with Gasteiger partial charge in [0.1, 0.15) is 6.61 Å². The molecule has 1 atom stereocenters. The first-order valence-corrected chi connectivity index (χ1v) is 8.32. The van der Waals surface area contributed by atoms with Gasteiger partial charge in [-0.2, -0.15) is 0 Å². The molecular weight excluding hydrogens is 290 g/mol. The number of aliphatic hydroxyl groups excluding tert-OH is 1. The molecule has 0 spiro atoms. The van der Waals surface area contributed by atoms with Crippen molar-refractivity contribution < 1.29 is 18.3 Å². The summed E-state index contributed by atoms with van der Waals surface area (Å²) in [6.07, 6.45) is 1.61. The van der Waals surface area contributed by atoms with Crippen LogP contribution < -0.4 is 4.72 Å². The van der Waals surface area contributed by atoms with Crippen molar-refractivity contribution >= 4 is 10.0 Å². The molecule has 1 aliphatic heterocycles. The minimum atomic E-state index is -3.65. The number of aliphatic hydroxyl groups is 1. The summed E-state index contributed by atoms with van der Waals surface area (Å²) in [5.41, 5.74) is 1.31. The van der Waals surface area contributed by atoms with Crippen molar-refractivity contribution in [3.8, 4) is 11.8 Å². The summed E-state index contributed by atoms with van der Waals surface area (Å²) in [6, 6.07) is 4.77. The summed E-state index contributed by atoms with van der Waals surface area (Å²) >= 11 is 0. The second-order valence-electron chi connectivity index (χ2n) is 4.99. The maximum absolute atomic E-state index is 12.5. The minimum Gasteiger partial charge on any atom is -0.384 e. The van der Waals surface area contributed by atoms with Gasteiger partial charge in [0.15, 0.2) is 0 Å². The Labute approximate surface area is 125 Å². The van der Waals surface area contributed by atoms with Gasteiger partial charge in [-0.05, 0) is 37.5 Å². The molecule has 0 amide bonds. The Bertz CT molecular complexity index is 652. The molecule has 5 nitrogen and oxygen atoms in total. The van der Waals surface area contributed by atoms with Gasteiger partial charge in [-0.15, -0.1) is 0 Å². The second kappa shape index (κ2) is 7.05. The van der Waals surface area contributed by atoms with Crippen LogP contribution in [0.5, 0.6) is 0 Å². The number of aryl methyl sites for hydroxylation is 1. The lowest BCUT2D eigenvalue weighted by Crippen LogP contribution is -2.40. The lowest BCUT2D eigenvalue weighted by atomic mass is 10.1. The number of hydrogen-bond donors (Lipinski definition) is 2. The zero-order valence-corrected chi connectivity index (χ0v) is 12.7. The van der Waals surface area contributed by atoms with Crippen LogP contribution in [0.3, 0.4) is 0 Å². The molecule has 0 bridgehead atoms. The van der Waals surface area contributed by atoms with Crippen molar-refractivity contribution in [2.75, 3.05) is 19.8 Å². The standard InChI is InChI=1S/C15H19NO4S/c1-12-6-7-15(13(10-12)4-2-8-17)21(18,19)16-14-5-3-9-20-11-14/h6-7,10,14,16-17H,3,5,8-9,11H2,1H3. The quantitative estimate of drug-likeness (QED) is 0.810. The van der Waals surface area contributed by atoms with E-state index in [1.807, 2.05) is 6.92 Å². The van der Waals surface area contributed by atoms with E-state index in [0.29, 0.717) is 18.8 Å². The van der Waals surface area contributed by atoms with Gasteiger partial charge in [-0.25, -0.2) is 13.1 Å². The van der Waals surface area contributed by atoms with E-state index in [4.69, 9.17) is 9.84 Å². The number of hydrogen-bond acceptors (Lipinski definition) is 4. The van der Waals surface area contributed by atoms with E-state index in [1.54, 1.807) is 18.2 Å². The van der Waals surface area contributed by atoms with Crippen molar-refractivity contribution in [2.24, 2.45) is 0 Å². The number of nitrogens with one attached hydrogen (secondary N) is 1. The molecule has 2 rings (SSSR count). The molecule has 1 aliphatic rings. The van der Waals surface area contributed by atoms with Crippen LogP contribution in [0.15, 0.2) is 23.1 Å². The highest BCUT2D eigenvalue weighted by Crippen LogP contribution is 2.18. The van der Waals surface area contributed by atoms with Gasteiger partial charge in [-0.1, -0.05) is 17.9 Å². The average Bonchev–Trinajstić information content (AvgIpc) is 2.45. The summed E-state index contributed by atoms with van der Waals surface area (Å²) in [6.45, 7) is 2.62. The Morgan fingerprint density at radius 2 is 2.29 bits per heavy atom. The monoisotopic (exact) mass is 309 g/mol. The van der Waals surface area contributed by atoms with Gasteiger partial charge < -0.3 is 9.84 Å². The summed E-state index contributed by atoms with van der Waals surface area (Å²) in [5.74, 6) is 5.19. The van der Waals surface area contributed by atoms with Gasteiger partial charge in [0.25, 0.3) is 0 Å². The molecule has 1 fully saturated rings. The molecule has 1 heterocycles. The van der Waals surface area contributed by atoms with Gasteiger partial charge in [0, 0.05) is 18.2 Å². The van der Waals surface area contributed by atoms with E-state index in [1.165, 1.54) is 0 Å². The van der Waals surface area contributed by atoms with E-state index >= 15 is 0 Å². The van der Waals surface area contributed by atoms with Crippen molar-refractivity contribution in [3.63, 3.8) is 0 Å². The Balaban J connectivity index is 2.30. The maximum atomic E-state index is 12.5. The average molecular weight is 309 g/mol. The first-order chi connectivity index (χ1) is 10.0. The third-order valence-electron chi connectivity index (χ3n) is 3.21. The first kappa shape index (κ1) is 16.0. The van der Waals surface area contributed by atoms with Crippen molar-refractivity contribution in [3.05, 3.63) is 29.3 Å². The van der Waals surface area contributed by atoms with E-state index in [2.05, 4.69) is 16.6 Å². The minimum absolute atomic E-state index is 0.139. The number of rotatable bonds is 3. The van der Waals surface area contributed by atoms with Crippen LogP contribution in [-0.4, -0.2) is 39.4 Å². The van der Waals surface area contributed by atoms with E-state index < -0.39 is 10.0 Å². The summed E-state index contributed by atoms with van der Waals surface area (Å²) in [5, 5.41) is 8.80. The molecule has 1 saturated heterocycles. The Hall–Kier alpha value is -1.39.